The van der Waals surface area contributed by atoms with E-state index in [1.165, 1.54) is 11.3 Å². The number of thiophene rings is 1. The van der Waals surface area contributed by atoms with E-state index in [4.69, 9.17) is 15.5 Å². The minimum atomic E-state index is -0.560. The molecule has 0 radical (unpaired) electrons. The van der Waals surface area contributed by atoms with Crippen LogP contribution in [-0.2, 0) is 0 Å². The number of aromatic nitrogens is 1. The average Bonchev–Trinajstić information content (AvgIpc) is 3.05. The molecule has 4 aromatic rings. The maximum atomic E-state index is 13.3. The molecule has 0 bridgehead atoms. The first kappa shape index (κ1) is 20.6. The smallest absolute Gasteiger partial charge is 0.257 e. The second kappa shape index (κ2) is 8.20. The molecule has 7 heteroatoms. The largest absolute Gasteiger partial charge is 0.497 e. The van der Waals surface area contributed by atoms with Gasteiger partial charge in [0, 0.05) is 15.8 Å². The van der Waals surface area contributed by atoms with Crippen LogP contribution in [0.2, 0.25) is 0 Å². The number of anilines is 1. The maximum Gasteiger partial charge on any atom is 0.257 e. The van der Waals surface area contributed by atoms with Crippen molar-refractivity contribution in [2.24, 2.45) is 5.73 Å². The number of aryl methyl sites for hydroxylation is 1. The average molecular weight is 432 g/mol. The van der Waals surface area contributed by atoms with Gasteiger partial charge in [-0.1, -0.05) is 18.2 Å². The molecule has 0 saturated carbocycles. The van der Waals surface area contributed by atoms with Gasteiger partial charge in [0.15, 0.2) is 0 Å². The fourth-order valence-corrected chi connectivity index (χ4v) is 4.52. The molecule has 6 nitrogen and oxygen atoms in total. The van der Waals surface area contributed by atoms with Crippen molar-refractivity contribution in [3.05, 3.63) is 76.2 Å². The Labute approximate surface area is 183 Å². The molecule has 0 atom stereocenters. The van der Waals surface area contributed by atoms with Crippen LogP contribution >= 0.6 is 11.3 Å². The molecular weight excluding hydrogens is 410 g/mol. The Morgan fingerprint density at radius 1 is 1.06 bits per heavy atom. The zero-order chi connectivity index (χ0) is 22.1. The zero-order valence-electron chi connectivity index (χ0n) is 17.4. The summed E-state index contributed by atoms with van der Waals surface area (Å²) in [4.78, 5) is 30.9. The highest BCUT2D eigenvalue weighted by molar-refractivity contribution is 7.16. The van der Waals surface area contributed by atoms with Gasteiger partial charge in [0.25, 0.3) is 11.8 Å². The molecule has 156 valence electrons. The van der Waals surface area contributed by atoms with Crippen molar-refractivity contribution in [3.8, 4) is 17.0 Å². The van der Waals surface area contributed by atoms with Crippen molar-refractivity contribution in [1.82, 2.24) is 4.98 Å². The molecule has 0 aliphatic carbocycles. The molecule has 0 aliphatic rings. The van der Waals surface area contributed by atoms with Crippen molar-refractivity contribution < 1.29 is 14.3 Å². The lowest BCUT2D eigenvalue weighted by molar-refractivity contribution is 0.100. The number of nitrogens with two attached hydrogens (primary N) is 1. The third-order valence-corrected chi connectivity index (χ3v) is 6.33. The van der Waals surface area contributed by atoms with E-state index >= 15 is 0 Å². The van der Waals surface area contributed by atoms with Gasteiger partial charge < -0.3 is 15.8 Å². The van der Waals surface area contributed by atoms with E-state index in [9.17, 15) is 9.59 Å². The van der Waals surface area contributed by atoms with Gasteiger partial charge in [-0.05, 0) is 55.8 Å². The molecule has 0 spiro atoms. The Hall–Kier alpha value is -3.71. The summed E-state index contributed by atoms with van der Waals surface area (Å²) in [6, 6.07) is 16.7. The second-order valence-electron chi connectivity index (χ2n) is 7.11. The molecule has 2 aromatic carbocycles. The first-order valence-corrected chi connectivity index (χ1v) is 10.5. The number of para-hydroxylation sites is 1. The first-order valence-electron chi connectivity index (χ1n) is 9.64. The molecule has 0 aliphatic heterocycles. The van der Waals surface area contributed by atoms with Crippen LogP contribution < -0.4 is 15.8 Å². The summed E-state index contributed by atoms with van der Waals surface area (Å²) in [5, 5.41) is 4.07. The van der Waals surface area contributed by atoms with Gasteiger partial charge in [-0.25, -0.2) is 4.98 Å². The van der Waals surface area contributed by atoms with Crippen molar-refractivity contribution in [2.75, 3.05) is 12.4 Å². The SMILES string of the molecule is COc1ccc(-c2cc(C(=O)Nc3sc(C)c(C)c3C(N)=O)c3ccccc3n2)cc1. The highest BCUT2D eigenvalue weighted by Gasteiger charge is 2.21. The van der Waals surface area contributed by atoms with E-state index in [2.05, 4.69) is 5.32 Å². The fourth-order valence-electron chi connectivity index (χ4n) is 3.46. The van der Waals surface area contributed by atoms with E-state index in [0.717, 1.165) is 27.1 Å². The van der Waals surface area contributed by atoms with Crippen LogP contribution in [0.4, 0.5) is 5.00 Å². The number of benzene rings is 2. The Kier molecular flexibility index (Phi) is 5.44. The maximum absolute atomic E-state index is 13.3. The summed E-state index contributed by atoms with van der Waals surface area (Å²) in [7, 11) is 1.61. The number of fused-ring (bicyclic) bond motifs is 1. The number of pyridine rings is 1. The van der Waals surface area contributed by atoms with E-state index in [1.807, 2.05) is 62.4 Å². The number of carbonyl (C=O) groups excluding carboxylic acids is 2. The summed E-state index contributed by atoms with van der Waals surface area (Å²) in [5.41, 5.74) is 9.39. The van der Waals surface area contributed by atoms with Crippen LogP contribution in [0.15, 0.2) is 54.6 Å². The van der Waals surface area contributed by atoms with E-state index in [1.54, 1.807) is 13.2 Å². The highest BCUT2D eigenvalue weighted by Crippen LogP contribution is 2.33. The number of hydrogen-bond acceptors (Lipinski definition) is 5. The normalized spacial score (nSPS) is 10.8. The number of nitrogens with zero attached hydrogens (tertiary/aromatic N) is 1. The minimum Gasteiger partial charge on any atom is -0.497 e. The lowest BCUT2D eigenvalue weighted by Crippen LogP contribution is -2.18. The van der Waals surface area contributed by atoms with E-state index in [0.29, 0.717) is 27.3 Å². The number of methoxy groups -OCH3 is 1. The predicted octanol–water partition coefficient (Wildman–Crippen LogP) is 4.94. The Bertz CT molecular complexity index is 1310. The fraction of sp³-hybridized carbons (Fsp3) is 0.125. The van der Waals surface area contributed by atoms with Crippen LogP contribution in [-0.4, -0.2) is 23.9 Å². The van der Waals surface area contributed by atoms with Gasteiger partial charge >= 0.3 is 0 Å². The number of ether oxygens (including phenoxy) is 1. The molecule has 2 amide bonds. The summed E-state index contributed by atoms with van der Waals surface area (Å²) >= 11 is 1.34. The number of amides is 2. The summed E-state index contributed by atoms with van der Waals surface area (Å²) < 4.78 is 5.22. The van der Waals surface area contributed by atoms with E-state index < -0.39 is 5.91 Å². The molecular formula is C24H21N3O3S. The molecule has 31 heavy (non-hydrogen) atoms. The first-order chi connectivity index (χ1) is 14.9. The van der Waals surface area contributed by atoms with Gasteiger partial charge in [0.1, 0.15) is 10.8 Å². The number of primary amides is 1. The van der Waals surface area contributed by atoms with Crippen molar-refractivity contribution in [2.45, 2.75) is 13.8 Å². The molecule has 2 heterocycles. The van der Waals surface area contributed by atoms with Gasteiger partial charge in [-0.2, -0.15) is 0 Å². The quantitative estimate of drug-likeness (QED) is 0.468. The minimum absolute atomic E-state index is 0.322. The Morgan fingerprint density at radius 2 is 1.77 bits per heavy atom. The van der Waals surface area contributed by atoms with E-state index in [-0.39, 0.29) is 5.91 Å². The van der Waals surface area contributed by atoms with Crippen molar-refractivity contribution >= 4 is 39.1 Å². The third kappa shape index (κ3) is 3.87. The standard InChI is InChI=1S/C24H21N3O3S/c1-13-14(2)31-24(21(13)22(25)28)27-23(29)18-12-20(15-8-10-16(30-3)11-9-15)26-19-7-5-4-6-17(18)19/h4-12H,1-3H3,(H2,25,28)(H,27,29). The van der Waals surface area contributed by atoms with Crippen molar-refractivity contribution in [1.29, 1.82) is 0 Å². The third-order valence-electron chi connectivity index (χ3n) is 5.21. The topological polar surface area (TPSA) is 94.3 Å². The monoisotopic (exact) mass is 431 g/mol. The zero-order valence-corrected chi connectivity index (χ0v) is 18.2. The van der Waals surface area contributed by atoms with Crippen molar-refractivity contribution in [3.63, 3.8) is 0 Å². The number of carbonyl (C=O) groups is 2. The van der Waals surface area contributed by atoms with Gasteiger partial charge in [0.2, 0.25) is 0 Å². The van der Waals surface area contributed by atoms with Gasteiger partial charge in [0.05, 0.1) is 29.4 Å². The molecule has 3 N–H and O–H groups in total. The molecule has 4 rings (SSSR count). The van der Waals surface area contributed by atoms with Crippen LogP contribution in [0, 0.1) is 13.8 Å². The lowest BCUT2D eigenvalue weighted by atomic mass is 10.0. The van der Waals surface area contributed by atoms with Crippen LogP contribution in [0.25, 0.3) is 22.2 Å². The summed E-state index contributed by atoms with van der Waals surface area (Å²) in [6.07, 6.45) is 0. The molecule has 0 saturated heterocycles. The summed E-state index contributed by atoms with van der Waals surface area (Å²) in [5.74, 6) is -0.141. The number of rotatable bonds is 5. The van der Waals surface area contributed by atoms with Gasteiger partial charge in [-0.3, -0.25) is 9.59 Å². The van der Waals surface area contributed by atoms with Crippen LogP contribution in [0.3, 0.4) is 0 Å². The molecule has 0 fully saturated rings. The highest BCUT2D eigenvalue weighted by atomic mass is 32.1. The van der Waals surface area contributed by atoms with Gasteiger partial charge in [-0.15, -0.1) is 11.3 Å². The molecule has 2 aromatic heterocycles. The van der Waals surface area contributed by atoms with Crippen LogP contribution in [0.1, 0.15) is 31.2 Å². The van der Waals surface area contributed by atoms with Crippen LogP contribution in [0.5, 0.6) is 5.75 Å². The summed E-state index contributed by atoms with van der Waals surface area (Å²) in [6.45, 7) is 3.72. The Morgan fingerprint density at radius 3 is 2.45 bits per heavy atom. The Balaban J connectivity index is 1.80. The number of hydrogen-bond donors (Lipinski definition) is 2. The second-order valence-corrected chi connectivity index (χ2v) is 8.33. The number of nitrogens with one attached hydrogen (secondary N) is 1. The lowest BCUT2D eigenvalue weighted by Gasteiger charge is -2.11. The molecule has 0 unspecified atom stereocenters. The predicted molar refractivity (Wildman–Crippen MR) is 124 cm³/mol.